The van der Waals surface area contributed by atoms with E-state index in [1.165, 1.54) is 0 Å². The molecule has 1 aromatic heterocycles. The van der Waals surface area contributed by atoms with Crippen molar-refractivity contribution in [3.63, 3.8) is 0 Å². The normalized spacial score (nSPS) is 11.1. The Balaban J connectivity index is 0.00000144. The van der Waals surface area contributed by atoms with Gasteiger partial charge in [0, 0.05) is 18.3 Å². The van der Waals surface area contributed by atoms with Crippen LogP contribution in [-0.2, 0) is 13.6 Å². The molecule has 2 aromatic rings. The van der Waals surface area contributed by atoms with Crippen molar-refractivity contribution in [2.75, 3.05) is 0 Å². The van der Waals surface area contributed by atoms with Gasteiger partial charge in [0.1, 0.15) is 5.49 Å². The second-order valence-corrected chi connectivity index (χ2v) is 3.98. The summed E-state index contributed by atoms with van der Waals surface area (Å²) in [6.45, 7) is 0.609. The maximum Gasteiger partial charge on any atom is 0.127 e. The van der Waals surface area contributed by atoms with Gasteiger partial charge in [-0.15, -0.1) is 24.0 Å². The van der Waals surface area contributed by atoms with E-state index in [1.807, 2.05) is 60.3 Å². The van der Waals surface area contributed by atoms with Gasteiger partial charge in [0.2, 0.25) is 0 Å². The first-order valence-electron chi connectivity index (χ1n) is 5.13. The molecule has 0 aliphatic rings. The molecule has 0 unspecified atom stereocenters. The molecule has 0 amide bonds. The van der Waals surface area contributed by atoms with E-state index in [0.717, 1.165) is 16.1 Å². The Morgan fingerprint density at radius 2 is 1.82 bits per heavy atom. The Morgan fingerprint density at radius 3 is 2.53 bits per heavy atom. The quantitative estimate of drug-likeness (QED) is 0.731. The lowest BCUT2D eigenvalue weighted by molar-refractivity contribution is 0.802. The number of hydrogen-bond donors (Lipinski definition) is 0. The Labute approximate surface area is 123 Å². The van der Waals surface area contributed by atoms with Crippen LogP contribution in [-0.4, -0.2) is 4.57 Å². The number of hydrogen-bond acceptors (Lipinski definition) is 1. The first-order chi connectivity index (χ1) is 7.77. The highest BCUT2D eigenvalue weighted by atomic mass is 127. The predicted molar refractivity (Wildman–Crippen MR) is 81.5 cm³/mol. The fourth-order valence-corrected chi connectivity index (χ4v) is 1.67. The molecule has 17 heavy (non-hydrogen) atoms. The van der Waals surface area contributed by atoms with Gasteiger partial charge < -0.3 is 4.57 Å². The highest BCUT2D eigenvalue weighted by Crippen LogP contribution is 2.15. The van der Waals surface area contributed by atoms with Crippen LogP contribution >= 0.6 is 35.6 Å². The largest absolute Gasteiger partial charge is 0.336 e. The van der Waals surface area contributed by atoms with Crippen LogP contribution in [0.15, 0.2) is 53.7 Å². The van der Waals surface area contributed by atoms with E-state index in [-0.39, 0.29) is 24.0 Å². The standard InChI is InChI=1S/C13H13ClN2.HI/c1-16-9-5-4-8-13(16)15-10-11-6-2-3-7-12(11)14;/h2-9H,10H2,1H3;1H. The summed E-state index contributed by atoms with van der Waals surface area (Å²) in [7, 11) is 1.98. The van der Waals surface area contributed by atoms with Gasteiger partial charge in [0.15, 0.2) is 0 Å². The van der Waals surface area contributed by atoms with Gasteiger partial charge in [-0.2, -0.15) is 0 Å². The van der Waals surface area contributed by atoms with Crippen LogP contribution in [0.25, 0.3) is 0 Å². The number of rotatable bonds is 2. The molecule has 0 radical (unpaired) electrons. The molecule has 2 nitrogen and oxygen atoms in total. The number of halogens is 2. The fraction of sp³-hybridized carbons (Fsp3) is 0.154. The van der Waals surface area contributed by atoms with Gasteiger partial charge >= 0.3 is 0 Å². The average molecular weight is 361 g/mol. The minimum absolute atomic E-state index is 0. The Hall–Kier alpha value is -0.810. The van der Waals surface area contributed by atoms with E-state index < -0.39 is 0 Å². The van der Waals surface area contributed by atoms with E-state index >= 15 is 0 Å². The third-order valence-electron chi connectivity index (χ3n) is 2.40. The number of aryl methyl sites for hydroxylation is 1. The minimum Gasteiger partial charge on any atom is -0.336 e. The van der Waals surface area contributed by atoms with Crippen LogP contribution in [0, 0.1) is 0 Å². The van der Waals surface area contributed by atoms with E-state index in [1.54, 1.807) is 0 Å². The number of benzene rings is 1. The molecule has 1 aromatic carbocycles. The lowest BCUT2D eigenvalue weighted by atomic mass is 10.2. The second-order valence-electron chi connectivity index (χ2n) is 3.58. The first kappa shape index (κ1) is 14.3. The van der Waals surface area contributed by atoms with Crippen molar-refractivity contribution in [1.29, 1.82) is 0 Å². The summed E-state index contributed by atoms with van der Waals surface area (Å²) in [5.74, 6) is 0. The Kier molecular flexibility index (Phi) is 5.71. The summed E-state index contributed by atoms with van der Waals surface area (Å²) in [4.78, 5) is 4.52. The highest BCUT2D eigenvalue weighted by molar-refractivity contribution is 14.0. The predicted octanol–water partition coefficient (Wildman–Crippen LogP) is 3.40. The third kappa shape index (κ3) is 3.85. The van der Waals surface area contributed by atoms with Crippen LogP contribution in [0.5, 0.6) is 0 Å². The molecule has 0 atom stereocenters. The average Bonchev–Trinajstić information content (AvgIpc) is 2.30. The van der Waals surface area contributed by atoms with Gasteiger partial charge in [-0.1, -0.05) is 35.9 Å². The molecule has 0 aliphatic heterocycles. The second kappa shape index (κ2) is 6.81. The third-order valence-corrected chi connectivity index (χ3v) is 2.77. The maximum absolute atomic E-state index is 6.06. The van der Waals surface area contributed by atoms with Crippen LogP contribution in [0.1, 0.15) is 5.56 Å². The van der Waals surface area contributed by atoms with Crippen LogP contribution < -0.4 is 5.49 Å². The molecule has 0 fully saturated rings. The molecule has 0 saturated heterocycles. The smallest absolute Gasteiger partial charge is 0.127 e. The molecule has 2 rings (SSSR count). The Bertz CT molecular complexity index is 549. The molecule has 0 saturated carbocycles. The number of pyridine rings is 1. The summed E-state index contributed by atoms with van der Waals surface area (Å²) in [5, 5.41) is 0.768. The van der Waals surface area contributed by atoms with E-state index in [9.17, 15) is 0 Å². The van der Waals surface area contributed by atoms with Crippen molar-refractivity contribution in [1.82, 2.24) is 4.57 Å². The van der Waals surface area contributed by atoms with E-state index in [4.69, 9.17) is 11.6 Å². The van der Waals surface area contributed by atoms with Crippen molar-refractivity contribution in [2.45, 2.75) is 6.54 Å². The summed E-state index contributed by atoms with van der Waals surface area (Å²) in [6, 6.07) is 13.7. The number of aromatic nitrogens is 1. The van der Waals surface area contributed by atoms with Crippen molar-refractivity contribution >= 4 is 35.6 Å². The van der Waals surface area contributed by atoms with Gasteiger partial charge in [0.05, 0.1) is 6.54 Å². The lowest BCUT2D eigenvalue weighted by Gasteiger charge is -2.01. The molecule has 90 valence electrons. The molecule has 0 bridgehead atoms. The van der Waals surface area contributed by atoms with Gasteiger partial charge in [0.25, 0.3) is 0 Å². The summed E-state index contributed by atoms with van der Waals surface area (Å²) in [5.41, 5.74) is 2.00. The number of nitrogens with zero attached hydrogens (tertiary/aromatic N) is 2. The van der Waals surface area contributed by atoms with E-state index in [2.05, 4.69) is 4.99 Å². The zero-order valence-electron chi connectivity index (χ0n) is 9.51. The zero-order chi connectivity index (χ0) is 11.4. The monoisotopic (exact) mass is 360 g/mol. The summed E-state index contributed by atoms with van der Waals surface area (Å²) < 4.78 is 1.98. The SMILES string of the molecule is Cn1ccccc1=NCc1ccccc1Cl.I. The van der Waals surface area contributed by atoms with Crippen molar-refractivity contribution in [3.8, 4) is 0 Å². The van der Waals surface area contributed by atoms with Gasteiger partial charge in [-0.05, 0) is 23.8 Å². The van der Waals surface area contributed by atoms with Gasteiger partial charge in [-0.3, -0.25) is 4.99 Å². The van der Waals surface area contributed by atoms with Crippen LogP contribution in [0.4, 0.5) is 0 Å². The molecular formula is C13H14ClIN2. The highest BCUT2D eigenvalue weighted by Gasteiger charge is 1.96. The van der Waals surface area contributed by atoms with Crippen LogP contribution in [0.2, 0.25) is 5.02 Å². The molecule has 4 heteroatoms. The summed E-state index contributed by atoms with van der Waals surface area (Å²) in [6.07, 6.45) is 1.98. The molecular weight excluding hydrogens is 347 g/mol. The fourth-order valence-electron chi connectivity index (χ4n) is 1.47. The molecule has 0 aliphatic carbocycles. The first-order valence-corrected chi connectivity index (χ1v) is 5.51. The minimum atomic E-state index is 0. The van der Waals surface area contributed by atoms with Crippen molar-refractivity contribution in [3.05, 3.63) is 64.7 Å². The summed E-state index contributed by atoms with van der Waals surface area (Å²) >= 11 is 6.06. The Morgan fingerprint density at radius 1 is 1.12 bits per heavy atom. The zero-order valence-corrected chi connectivity index (χ0v) is 12.6. The molecule has 1 heterocycles. The van der Waals surface area contributed by atoms with Gasteiger partial charge in [-0.25, -0.2) is 0 Å². The maximum atomic E-state index is 6.06. The topological polar surface area (TPSA) is 17.3 Å². The van der Waals surface area contributed by atoms with E-state index in [0.29, 0.717) is 6.54 Å². The van der Waals surface area contributed by atoms with Crippen molar-refractivity contribution < 1.29 is 0 Å². The van der Waals surface area contributed by atoms with Crippen LogP contribution in [0.3, 0.4) is 0 Å². The molecule has 0 spiro atoms. The lowest BCUT2D eigenvalue weighted by Crippen LogP contribution is -2.16. The molecule has 0 N–H and O–H groups in total. The van der Waals surface area contributed by atoms with Crippen molar-refractivity contribution in [2.24, 2.45) is 12.0 Å².